The summed E-state index contributed by atoms with van der Waals surface area (Å²) >= 11 is 5.85. The Kier molecular flexibility index (Phi) is 3.67. The molecule has 1 unspecified atom stereocenters. The minimum Gasteiger partial charge on any atom is -0.481 e. The van der Waals surface area contributed by atoms with E-state index in [1.165, 1.54) is 0 Å². The van der Waals surface area contributed by atoms with Crippen molar-refractivity contribution in [1.82, 2.24) is 5.32 Å². The van der Waals surface area contributed by atoms with Gasteiger partial charge < -0.3 is 10.1 Å². The van der Waals surface area contributed by atoms with Crippen molar-refractivity contribution in [3.63, 3.8) is 0 Å². The fraction of sp³-hybridized carbons (Fsp3) is 0.417. The number of nitrogens with one attached hydrogen (secondary N) is 1. The van der Waals surface area contributed by atoms with Crippen LogP contribution in [0.5, 0.6) is 5.75 Å². The van der Waals surface area contributed by atoms with Crippen LogP contribution in [0.25, 0.3) is 0 Å². The zero-order valence-corrected chi connectivity index (χ0v) is 9.67. The number of carbonyl (C=O) groups is 1. The molecule has 1 N–H and O–H groups in total. The predicted octanol–water partition coefficient (Wildman–Crippen LogP) is 2.39. The largest absolute Gasteiger partial charge is 0.481 e. The molecule has 16 heavy (non-hydrogen) atoms. The lowest BCUT2D eigenvalue weighted by Gasteiger charge is -2.15. The maximum Gasteiger partial charge on any atom is 0.261 e. The fourth-order valence-corrected chi connectivity index (χ4v) is 1.91. The highest BCUT2D eigenvalue weighted by Crippen LogP contribution is 2.20. The van der Waals surface area contributed by atoms with Crippen LogP contribution in [0.2, 0.25) is 5.02 Å². The molecular formula is C12H14ClNO2. The molecule has 1 aliphatic heterocycles. The van der Waals surface area contributed by atoms with Gasteiger partial charge in [-0.25, -0.2) is 0 Å². The quantitative estimate of drug-likeness (QED) is 0.861. The topological polar surface area (TPSA) is 38.3 Å². The molecule has 1 atom stereocenters. The number of halogens is 1. The van der Waals surface area contributed by atoms with Gasteiger partial charge in [-0.1, -0.05) is 17.7 Å². The van der Waals surface area contributed by atoms with Gasteiger partial charge in [0.25, 0.3) is 5.91 Å². The molecule has 1 aliphatic rings. The predicted molar refractivity (Wildman–Crippen MR) is 62.7 cm³/mol. The van der Waals surface area contributed by atoms with Crippen molar-refractivity contribution in [1.29, 1.82) is 0 Å². The summed E-state index contributed by atoms with van der Waals surface area (Å²) in [5, 5.41) is 3.45. The smallest absolute Gasteiger partial charge is 0.261 e. The summed E-state index contributed by atoms with van der Waals surface area (Å²) in [6.07, 6.45) is 2.39. The number of carbonyl (C=O) groups excluding carboxylic acids is 1. The molecule has 0 radical (unpaired) electrons. The van der Waals surface area contributed by atoms with E-state index in [1.54, 1.807) is 12.1 Å². The second kappa shape index (κ2) is 5.21. The summed E-state index contributed by atoms with van der Waals surface area (Å²) < 4.78 is 5.63. The summed E-state index contributed by atoms with van der Waals surface area (Å²) in [5.41, 5.74) is 0. The van der Waals surface area contributed by atoms with Gasteiger partial charge in [-0.2, -0.15) is 0 Å². The van der Waals surface area contributed by atoms with Gasteiger partial charge in [0.05, 0.1) is 0 Å². The Morgan fingerprint density at radius 2 is 2.25 bits per heavy atom. The summed E-state index contributed by atoms with van der Waals surface area (Å²) in [6.45, 7) is 0.744. The van der Waals surface area contributed by atoms with Crippen molar-refractivity contribution in [3.8, 4) is 5.75 Å². The van der Waals surface area contributed by atoms with Crippen LogP contribution in [0, 0.1) is 0 Å². The monoisotopic (exact) mass is 239 g/mol. The average molecular weight is 240 g/mol. The second-order valence-electron chi connectivity index (χ2n) is 3.85. The van der Waals surface area contributed by atoms with E-state index in [9.17, 15) is 4.79 Å². The molecule has 1 aromatic carbocycles. The average Bonchev–Trinajstić information content (AvgIpc) is 2.45. The molecular weight excluding hydrogens is 226 g/mol. The van der Waals surface area contributed by atoms with Gasteiger partial charge in [0, 0.05) is 11.6 Å². The molecule has 86 valence electrons. The van der Waals surface area contributed by atoms with Gasteiger partial charge in [-0.15, -0.1) is 0 Å². The number of amides is 1. The molecule has 1 saturated heterocycles. The number of hydrogen-bond donors (Lipinski definition) is 1. The van der Waals surface area contributed by atoms with Gasteiger partial charge in [0.2, 0.25) is 0 Å². The number of rotatable bonds is 2. The van der Waals surface area contributed by atoms with Crippen molar-refractivity contribution in [2.24, 2.45) is 0 Å². The third-order valence-corrected chi connectivity index (χ3v) is 2.79. The highest BCUT2D eigenvalue weighted by molar-refractivity contribution is 6.30. The number of ether oxygens (including phenoxy) is 1. The lowest BCUT2D eigenvalue weighted by atomic mass is 10.2. The molecule has 1 aromatic rings. The van der Waals surface area contributed by atoms with Crippen LogP contribution in [0.15, 0.2) is 24.3 Å². The Morgan fingerprint density at radius 1 is 1.38 bits per heavy atom. The van der Waals surface area contributed by atoms with E-state index in [2.05, 4.69) is 5.32 Å². The van der Waals surface area contributed by atoms with E-state index in [4.69, 9.17) is 16.3 Å². The molecule has 0 spiro atoms. The zero-order chi connectivity index (χ0) is 11.4. The highest BCUT2D eigenvalue weighted by atomic mass is 35.5. The van der Waals surface area contributed by atoms with Crippen LogP contribution in [0.3, 0.4) is 0 Å². The minimum atomic E-state index is -0.388. The van der Waals surface area contributed by atoms with Crippen LogP contribution in [-0.2, 0) is 4.79 Å². The molecule has 1 fully saturated rings. The first kappa shape index (κ1) is 11.3. The van der Waals surface area contributed by atoms with E-state index < -0.39 is 0 Å². The molecule has 1 amide bonds. The molecule has 0 saturated carbocycles. The highest BCUT2D eigenvalue weighted by Gasteiger charge is 2.22. The van der Waals surface area contributed by atoms with Crippen LogP contribution in [0.1, 0.15) is 19.3 Å². The second-order valence-corrected chi connectivity index (χ2v) is 4.29. The summed E-state index contributed by atoms with van der Waals surface area (Å²) in [6, 6.07) is 7.12. The maximum atomic E-state index is 11.6. The lowest BCUT2D eigenvalue weighted by molar-refractivity contribution is -0.127. The van der Waals surface area contributed by atoms with E-state index in [-0.39, 0.29) is 12.0 Å². The SMILES string of the molecule is O=C1NCCCCC1Oc1cccc(Cl)c1. The van der Waals surface area contributed by atoms with Crippen molar-refractivity contribution < 1.29 is 9.53 Å². The summed E-state index contributed by atoms with van der Waals surface area (Å²) in [7, 11) is 0. The van der Waals surface area contributed by atoms with Gasteiger partial charge >= 0.3 is 0 Å². The van der Waals surface area contributed by atoms with Crippen LogP contribution in [0.4, 0.5) is 0 Å². The third kappa shape index (κ3) is 2.89. The first-order valence-electron chi connectivity index (χ1n) is 5.45. The third-order valence-electron chi connectivity index (χ3n) is 2.56. The fourth-order valence-electron chi connectivity index (χ4n) is 1.73. The number of hydrogen-bond acceptors (Lipinski definition) is 2. The molecule has 0 aromatic heterocycles. The molecule has 0 bridgehead atoms. The molecule has 0 aliphatic carbocycles. The van der Waals surface area contributed by atoms with Crippen molar-refractivity contribution >= 4 is 17.5 Å². The molecule has 2 rings (SSSR count). The van der Waals surface area contributed by atoms with Crippen LogP contribution in [-0.4, -0.2) is 18.6 Å². The molecule has 4 heteroatoms. The first-order valence-corrected chi connectivity index (χ1v) is 5.83. The normalized spacial score (nSPS) is 21.1. The van der Waals surface area contributed by atoms with Gasteiger partial charge in [0.15, 0.2) is 6.10 Å². The van der Waals surface area contributed by atoms with E-state index >= 15 is 0 Å². The molecule has 3 nitrogen and oxygen atoms in total. The minimum absolute atomic E-state index is 0.0301. The van der Waals surface area contributed by atoms with E-state index in [0.29, 0.717) is 10.8 Å². The summed E-state index contributed by atoms with van der Waals surface area (Å²) in [5.74, 6) is 0.618. The van der Waals surface area contributed by atoms with Crippen LogP contribution >= 0.6 is 11.6 Å². The van der Waals surface area contributed by atoms with Gasteiger partial charge in [0.1, 0.15) is 5.75 Å². The summed E-state index contributed by atoms with van der Waals surface area (Å²) in [4.78, 5) is 11.6. The Hall–Kier alpha value is -1.22. The Morgan fingerprint density at radius 3 is 3.06 bits per heavy atom. The first-order chi connectivity index (χ1) is 7.75. The Balaban J connectivity index is 2.05. The van der Waals surface area contributed by atoms with E-state index in [0.717, 1.165) is 25.8 Å². The number of benzene rings is 1. The van der Waals surface area contributed by atoms with Crippen molar-refractivity contribution in [3.05, 3.63) is 29.3 Å². The standard InChI is InChI=1S/C12H14ClNO2/c13-9-4-3-5-10(8-9)16-11-6-1-2-7-14-12(11)15/h3-5,8,11H,1-2,6-7H2,(H,14,15). The van der Waals surface area contributed by atoms with Gasteiger partial charge in [-0.3, -0.25) is 4.79 Å². The molecule has 1 heterocycles. The van der Waals surface area contributed by atoms with Crippen LogP contribution < -0.4 is 10.1 Å². The van der Waals surface area contributed by atoms with Crippen molar-refractivity contribution in [2.75, 3.05) is 6.54 Å². The maximum absolute atomic E-state index is 11.6. The zero-order valence-electron chi connectivity index (χ0n) is 8.91. The van der Waals surface area contributed by atoms with Crippen molar-refractivity contribution in [2.45, 2.75) is 25.4 Å². The van der Waals surface area contributed by atoms with E-state index in [1.807, 2.05) is 12.1 Å². The lowest BCUT2D eigenvalue weighted by Crippen LogP contribution is -2.36. The van der Waals surface area contributed by atoms with Gasteiger partial charge in [-0.05, 0) is 37.5 Å². The Bertz CT molecular complexity index is 381. The Labute approximate surface area is 99.7 Å².